The zero-order valence-corrected chi connectivity index (χ0v) is 11.2. The van der Waals surface area contributed by atoms with Crippen LogP contribution < -0.4 is 10.5 Å². The van der Waals surface area contributed by atoms with E-state index in [1.165, 1.54) is 0 Å². The molecule has 0 amide bonds. The molecule has 3 heteroatoms. The fourth-order valence-electron chi connectivity index (χ4n) is 1.51. The number of hydrogen-bond acceptors (Lipinski definition) is 2. The number of nitrogens with two attached hydrogens (primary N) is 1. The number of benzene rings is 2. The first-order valence-corrected chi connectivity index (χ1v) is 6.18. The fraction of sp³-hybridized carbons (Fsp3) is 0.143. The van der Waals surface area contributed by atoms with Crippen LogP contribution in [0, 0.1) is 6.92 Å². The Hall–Kier alpha value is -1.48. The molecule has 88 valence electrons. The van der Waals surface area contributed by atoms with Crippen molar-refractivity contribution in [2.75, 3.05) is 5.73 Å². The Morgan fingerprint density at radius 3 is 2.53 bits per heavy atom. The number of nitrogen functional groups attached to an aromatic ring is 1. The highest BCUT2D eigenvalue weighted by Gasteiger charge is 2.01. The van der Waals surface area contributed by atoms with E-state index >= 15 is 0 Å². The van der Waals surface area contributed by atoms with Crippen LogP contribution >= 0.6 is 15.9 Å². The molecule has 0 radical (unpaired) electrons. The van der Waals surface area contributed by atoms with Crippen LogP contribution in [0.5, 0.6) is 5.75 Å². The summed E-state index contributed by atoms with van der Waals surface area (Å²) in [6.07, 6.45) is 0. The normalized spacial score (nSPS) is 10.2. The number of rotatable bonds is 3. The van der Waals surface area contributed by atoms with Gasteiger partial charge < -0.3 is 10.5 Å². The average Bonchev–Trinajstić information content (AvgIpc) is 2.32. The van der Waals surface area contributed by atoms with Gasteiger partial charge in [-0.1, -0.05) is 34.1 Å². The third-order valence-corrected chi connectivity index (χ3v) is 3.01. The van der Waals surface area contributed by atoms with Crippen LogP contribution in [0.1, 0.15) is 11.1 Å². The van der Waals surface area contributed by atoms with Crippen molar-refractivity contribution < 1.29 is 4.74 Å². The monoisotopic (exact) mass is 291 g/mol. The summed E-state index contributed by atoms with van der Waals surface area (Å²) in [6.45, 7) is 2.55. The van der Waals surface area contributed by atoms with Gasteiger partial charge in [0.15, 0.2) is 0 Å². The third-order valence-electron chi connectivity index (χ3n) is 2.48. The molecule has 2 aromatic carbocycles. The van der Waals surface area contributed by atoms with Crippen molar-refractivity contribution in [3.63, 3.8) is 0 Å². The van der Waals surface area contributed by atoms with Crippen molar-refractivity contribution in [1.29, 1.82) is 0 Å². The summed E-state index contributed by atoms with van der Waals surface area (Å²) in [6, 6.07) is 13.8. The van der Waals surface area contributed by atoms with E-state index in [0.29, 0.717) is 12.3 Å². The minimum absolute atomic E-state index is 0.529. The number of halogens is 1. The predicted octanol–water partition coefficient (Wildman–Crippen LogP) is 3.92. The van der Waals surface area contributed by atoms with E-state index in [-0.39, 0.29) is 0 Å². The summed E-state index contributed by atoms with van der Waals surface area (Å²) in [4.78, 5) is 0. The molecule has 0 aromatic heterocycles. The van der Waals surface area contributed by atoms with Crippen molar-refractivity contribution in [2.24, 2.45) is 0 Å². The van der Waals surface area contributed by atoms with Gasteiger partial charge >= 0.3 is 0 Å². The van der Waals surface area contributed by atoms with Crippen LogP contribution in [0.15, 0.2) is 46.9 Å². The molecule has 0 atom stereocenters. The van der Waals surface area contributed by atoms with Gasteiger partial charge in [0.05, 0.1) is 5.69 Å². The highest BCUT2D eigenvalue weighted by atomic mass is 79.9. The van der Waals surface area contributed by atoms with E-state index in [4.69, 9.17) is 10.5 Å². The van der Waals surface area contributed by atoms with Gasteiger partial charge in [-0.2, -0.15) is 0 Å². The summed E-state index contributed by atoms with van der Waals surface area (Å²) in [7, 11) is 0. The first-order valence-electron chi connectivity index (χ1n) is 5.38. The van der Waals surface area contributed by atoms with E-state index in [1.54, 1.807) is 0 Å². The van der Waals surface area contributed by atoms with Crippen LogP contribution in [-0.2, 0) is 6.61 Å². The summed E-state index contributed by atoms with van der Waals surface area (Å²) < 4.78 is 6.77. The first-order chi connectivity index (χ1) is 8.15. The number of aryl methyl sites for hydroxylation is 1. The molecule has 0 spiro atoms. The SMILES string of the molecule is Cc1ccc(N)c(OCc2ccc(Br)cc2)c1. The van der Waals surface area contributed by atoms with Crippen LogP contribution in [0.4, 0.5) is 5.69 Å². The molecule has 2 rings (SSSR count). The van der Waals surface area contributed by atoms with Gasteiger partial charge in [-0.3, -0.25) is 0 Å². The van der Waals surface area contributed by atoms with Gasteiger partial charge in [0.25, 0.3) is 0 Å². The molecule has 0 unspecified atom stereocenters. The standard InChI is InChI=1S/C14H14BrNO/c1-10-2-7-13(16)14(8-10)17-9-11-3-5-12(15)6-4-11/h2-8H,9,16H2,1H3. The van der Waals surface area contributed by atoms with E-state index < -0.39 is 0 Å². The second-order valence-electron chi connectivity index (χ2n) is 3.96. The largest absolute Gasteiger partial charge is 0.487 e. The summed E-state index contributed by atoms with van der Waals surface area (Å²) in [5.41, 5.74) is 8.78. The lowest BCUT2D eigenvalue weighted by atomic mass is 10.2. The average molecular weight is 292 g/mol. The molecule has 0 aliphatic rings. The van der Waals surface area contributed by atoms with E-state index in [1.807, 2.05) is 49.4 Å². The van der Waals surface area contributed by atoms with Crippen molar-refractivity contribution in [2.45, 2.75) is 13.5 Å². The van der Waals surface area contributed by atoms with Gasteiger partial charge in [0, 0.05) is 4.47 Å². The first kappa shape index (κ1) is 12.0. The Kier molecular flexibility index (Phi) is 3.69. The highest BCUT2D eigenvalue weighted by molar-refractivity contribution is 9.10. The Labute approximate surface area is 110 Å². The zero-order chi connectivity index (χ0) is 12.3. The van der Waals surface area contributed by atoms with Crippen LogP contribution in [0.3, 0.4) is 0 Å². The molecule has 0 heterocycles. The Morgan fingerprint density at radius 2 is 1.82 bits per heavy atom. The summed E-state index contributed by atoms with van der Waals surface area (Å²) in [5, 5.41) is 0. The smallest absolute Gasteiger partial charge is 0.142 e. The second kappa shape index (κ2) is 5.23. The second-order valence-corrected chi connectivity index (χ2v) is 4.87. The summed E-state index contributed by atoms with van der Waals surface area (Å²) >= 11 is 3.40. The Balaban J connectivity index is 2.07. The Morgan fingerprint density at radius 1 is 1.12 bits per heavy atom. The molecule has 17 heavy (non-hydrogen) atoms. The zero-order valence-electron chi connectivity index (χ0n) is 9.61. The molecule has 0 aliphatic heterocycles. The molecule has 2 N–H and O–H groups in total. The molecular formula is C14H14BrNO. The van der Waals surface area contributed by atoms with E-state index in [0.717, 1.165) is 21.3 Å². The number of anilines is 1. The summed E-state index contributed by atoms with van der Waals surface area (Å²) in [5.74, 6) is 0.743. The lowest BCUT2D eigenvalue weighted by molar-refractivity contribution is 0.308. The lowest BCUT2D eigenvalue weighted by Gasteiger charge is -2.09. The van der Waals surface area contributed by atoms with Crippen LogP contribution in [0.2, 0.25) is 0 Å². The van der Waals surface area contributed by atoms with Gasteiger partial charge in [-0.25, -0.2) is 0 Å². The maximum atomic E-state index is 5.85. The van der Waals surface area contributed by atoms with Crippen LogP contribution in [0.25, 0.3) is 0 Å². The maximum absolute atomic E-state index is 5.85. The van der Waals surface area contributed by atoms with Crippen molar-refractivity contribution >= 4 is 21.6 Å². The molecule has 0 aliphatic carbocycles. The number of hydrogen-bond donors (Lipinski definition) is 1. The fourth-order valence-corrected chi connectivity index (χ4v) is 1.77. The highest BCUT2D eigenvalue weighted by Crippen LogP contribution is 2.23. The molecule has 0 saturated heterocycles. The predicted molar refractivity (Wildman–Crippen MR) is 74.1 cm³/mol. The molecule has 0 saturated carbocycles. The molecule has 2 nitrogen and oxygen atoms in total. The number of ether oxygens (including phenoxy) is 1. The molecule has 0 fully saturated rings. The quantitative estimate of drug-likeness (QED) is 0.870. The van der Waals surface area contributed by atoms with Gasteiger partial charge in [-0.05, 0) is 42.3 Å². The van der Waals surface area contributed by atoms with Crippen molar-refractivity contribution in [1.82, 2.24) is 0 Å². The molecule has 0 bridgehead atoms. The van der Waals surface area contributed by atoms with Gasteiger partial charge in [0.2, 0.25) is 0 Å². The van der Waals surface area contributed by atoms with Gasteiger partial charge in [0.1, 0.15) is 12.4 Å². The third kappa shape index (κ3) is 3.24. The van der Waals surface area contributed by atoms with Crippen molar-refractivity contribution in [3.05, 3.63) is 58.1 Å². The van der Waals surface area contributed by atoms with Crippen molar-refractivity contribution in [3.8, 4) is 5.75 Å². The minimum Gasteiger partial charge on any atom is -0.487 e. The van der Waals surface area contributed by atoms with Crippen LogP contribution in [-0.4, -0.2) is 0 Å². The Bertz CT molecular complexity index is 508. The molecule has 2 aromatic rings. The van der Waals surface area contributed by atoms with E-state index in [9.17, 15) is 0 Å². The van der Waals surface area contributed by atoms with E-state index in [2.05, 4.69) is 15.9 Å². The lowest BCUT2D eigenvalue weighted by Crippen LogP contribution is -1.98. The van der Waals surface area contributed by atoms with Gasteiger partial charge in [-0.15, -0.1) is 0 Å². The maximum Gasteiger partial charge on any atom is 0.142 e. The minimum atomic E-state index is 0.529. The topological polar surface area (TPSA) is 35.2 Å². The molecular weight excluding hydrogens is 278 g/mol.